The van der Waals surface area contributed by atoms with Crippen LogP contribution in [0.25, 0.3) is 0 Å². The van der Waals surface area contributed by atoms with Crippen LogP contribution in [0, 0.1) is 0 Å². The zero-order chi connectivity index (χ0) is 18.4. The summed E-state index contributed by atoms with van der Waals surface area (Å²) in [6.45, 7) is 5.51. The molecule has 0 fully saturated rings. The van der Waals surface area contributed by atoms with Gasteiger partial charge >= 0.3 is 0 Å². The molecule has 0 aromatic heterocycles. The highest BCUT2D eigenvalue weighted by Crippen LogP contribution is 2.23. The molecule has 2 aromatic carbocycles. The van der Waals surface area contributed by atoms with Crippen LogP contribution in [0.4, 0.5) is 0 Å². The van der Waals surface area contributed by atoms with Crippen molar-refractivity contribution in [1.82, 2.24) is 10.2 Å². The molecule has 0 heterocycles. The number of methoxy groups -OCH3 is 1. The first-order valence-electron chi connectivity index (χ1n) is 8.34. The third-order valence-corrected chi connectivity index (χ3v) is 4.31. The van der Waals surface area contributed by atoms with Crippen molar-refractivity contribution in [3.63, 3.8) is 0 Å². The number of hydrogen-bond acceptors (Lipinski definition) is 4. The summed E-state index contributed by atoms with van der Waals surface area (Å²) in [5.41, 5.74) is 2.44. The summed E-state index contributed by atoms with van der Waals surface area (Å²) in [4.78, 5) is 14.7. The van der Waals surface area contributed by atoms with Crippen molar-refractivity contribution in [1.29, 1.82) is 0 Å². The number of hydrogen-bond donors (Lipinski definition) is 2. The highest BCUT2D eigenvalue weighted by molar-refractivity contribution is 5.97. The van der Waals surface area contributed by atoms with Crippen molar-refractivity contribution < 1.29 is 14.6 Å². The van der Waals surface area contributed by atoms with Gasteiger partial charge in [0.1, 0.15) is 11.5 Å². The standard InChI is InChI=1S/C20H26N2O3/c1-14(2)22(3)13-16-8-6-5-7-15(16)12-21-20(24)18-11-17(25-4)9-10-19(18)23/h5-11,14,23H,12-13H2,1-4H3,(H,21,24). The average molecular weight is 342 g/mol. The topological polar surface area (TPSA) is 61.8 Å². The molecule has 0 bridgehead atoms. The first-order chi connectivity index (χ1) is 11.9. The molecule has 0 aliphatic carbocycles. The molecule has 0 saturated carbocycles. The van der Waals surface area contributed by atoms with Crippen molar-refractivity contribution in [3.05, 3.63) is 59.2 Å². The van der Waals surface area contributed by atoms with E-state index in [9.17, 15) is 9.90 Å². The number of aromatic hydroxyl groups is 1. The van der Waals surface area contributed by atoms with Gasteiger partial charge in [0, 0.05) is 19.1 Å². The number of nitrogens with one attached hydrogen (secondary N) is 1. The maximum absolute atomic E-state index is 12.4. The zero-order valence-electron chi connectivity index (χ0n) is 15.2. The quantitative estimate of drug-likeness (QED) is 0.811. The lowest BCUT2D eigenvalue weighted by Crippen LogP contribution is -2.27. The number of rotatable bonds is 7. The molecule has 25 heavy (non-hydrogen) atoms. The fourth-order valence-electron chi connectivity index (χ4n) is 2.43. The van der Waals surface area contributed by atoms with E-state index in [0.717, 1.165) is 12.1 Å². The van der Waals surface area contributed by atoms with Gasteiger partial charge in [0.05, 0.1) is 12.7 Å². The van der Waals surface area contributed by atoms with Crippen LogP contribution in [0.5, 0.6) is 11.5 Å². The van der Waals surface area contributed by atoms with Crippen LogP contribution in [0.3, 0.4) is 0 Å². The summed E-state index contributed by atoms with van der Waals surface area (Å²) in [6, 6.07) is 13.1. The highest BCUT2D eigenvalue weighted by Gasteiger charge is 2.13. The van der Waals surface area contributed by atoms with Gasteiger partial charge in [0.2, 0.25) is 0 Å². The van der Waals surface area contributed by atoms with Crippen molar-refractivity contribution >= 4 is 5.91 Å². The lowest BCUT2D eigenvalue weighted by molar-refractivity contribution is 0.0947. The average Bonchev–Trinajstić information content (AvgIpc) is 2.61. The molecule has 0 saturated heterocycles. The fourth-order valence-corrected chi connectivity index (χ4v) is 2.43. The van der Waals surface area contributed by atoms with Crippen LogP contribution < -0.4 is 10.1 Å². The third-order valence-electron chi connectivity index (χ3n) is 4.31. The molecule has 0 aliphatic rings. The van der Waals surface area contributed by atoms with E-state index in [0.29, 0.717) is 18.3 Å². The second-order valence-electron chi connectivity index (χ2n) is 6.34. The van der Waals surface area contributed by atoms with Gasteiger partial charge in [-0.05, 0) is 50.2 Å². The van der Waals surface area contributed by atoms with Gasteiger partial charge < -0.3 is 15.2 Å². The van der Waals surface area contributed by atoms with E-state index in [1.165, 1.54) is 24.8 Å². The van der Waals surface area contributed by atoms with E-state index in [-0.39, 0.29) is 17.2 Å². The molecule has 2 N–H and O–H groups in total. The Morgan fingerprint density at radius 2 is 1.88 bits per heavy atom. The monoisotopic (exact) mass is 342 g/mol. The van der Waals surface area contributed by atoms with Gasteiger partial charge in [-0.15, -0.1) is 0 Å². The van der Waals surface area contributed by atoms with E-state index < -0.39 is 0 Å². The molecular formula is C20H26N2O3. The lowest BCUT2D eigenvalue weighted by Gasteiger charge is -2.22. The predicted molar refractivity (Wildman–Crippen MR) is 98.9 cm³/mol. The Morgan fingerprint density at radius 1 is 1.20 bits per heavy atom. The molecule has 134 valence electrons. The van der Waals surface area contributed by atoms with Gasteiger partial charge in [-0.25, -0.2) is 0 Å². The number of carbonyl (C=O) groups is 1. The molecule has 0 atom stereocenters. The maximum atomic E-state index is 12.4. The number of carbonyl (C=O) groups excluding carboxylic acids is 1. The minimum absolute atomic E-state index is 0.0638. The molecule has 0 unspecified atom stereocenters. The molecule has 0 aliphatic heterocycles. The van der Waals surface area contributed by atoms with Crippen LogP contribution in [-0.2, 0) is 13.1 Å². The van der Waals surface area contributed by atoms with Gasteiger partial charge in [-0.3, -0.25) is 9.69 Å². The molecule has 5 nitrogen and oxygen atoms in total. The van der Waals surface area contributed by atoms with E-state index in [2.05, 4.69) is 37.2 Å². The van der Waals surface area contributed by atoms with E-state index in [1.54, 1.807) is 6.07 Å². The van der Waals surface area contributed by atoms with E-state index in [1.807, 2.05) is 18.2 Å². The Hall–Kier alpha value is -2.53. The van der Waals surface area contributed by atoms with E-state index in [4.69, 9.17) is 4.74 Å². The number of ether oxygens (including phenoxy) is 1. The largest absolute Gasteiger partial charge is 0.507 e. The Kier molecular flexibility index (Phi) is 6.42. The first-order valence-corrected chi connectivity index (χ1v) is 8.34. The molecule has 2 aromatic rings. The Labute approximate surface area is 149 Å². The van der Waals surface area contributed by atoms with Gasteiger partial charge in [-0.1, -0.05) is 24.3 Å². The summed E-state index contributed by atoms with van der Waals surface area (Å²) >= 11 is 0. The summed E-state index contributed by atoms with van der Waals surface area (Å²) in [6.07, 6.45) is 0. The van der Waals surface area contributed by atoms with Crippen LogP contribution in [0.15, 0.2) is 42.5 Å². The predicted octanol–water partition coefficient (Wildman–Crippen LogP) is 3.17. The van der Waals surface area contributed by atoms with Crippen LogP contribution in [0.1, 0.15) is 35.3 Å². The fraction of sp³-hybridized carbons (Fsp3) is 0.350. The van der Waals surface area contributed by atoms with Crippen molar-refractivity contribution in [2.75, 3.05) is 14.2 Å². The minimum atomic E-state index is -0.330. The third kappa shape index (κ3) is 4.97. The number of phenols is 1. The number of benzene rings is 2. The van der Waals surface area contributed by atoms with Gasteiger partial charge in [0.15, 0.2) is 0 Å². The van der Waals surface area contributed by atoms with Crippen LogP contribution in [-0.4, -0.2) is 36.1 Å². The Bertz CT molecular complexity index is 729. The van der Waals surface area contributed by atoms with E-state index >= 15 is 0 Å². The van der Waals surface area contributed by atoms with Crippen molar-refractivity contribution in [2.45, 2.75) is 33.0 Å². The van der Waals surface area contributed by atoms with Crippen molar-refractivity contribution in [3.8, 4) is 11.5 Å². The summed E-state index contributed by atoms with van der Waals surface area (Å²) in [5, 5.41) is 12.8. The minimum Gasteiger partial charge on any atom is -0.507 e. The molecule has 0 radical (unpaired) electrons. The zero-order valence-corrected chi connectivity index (χ0v) is 15.2. The van der Waals surface area contributed by atoms with Crippen molar-refractivity contribution in [2.24, 2.45) is 0 Å². The molecule has 2 rings (SSSR count). The van der Waals surface area contributed by atoms with Crippen LogP contribution >= 0.6 is 0 Å². The Morgan fingerprint density at radius 3 is 2.52 bits per heavy atom. The first kappa shape index (κ1) is 18.8. The van der Waals surface area contributed by atoms with Gasteiger partial charge in [-0.2, -0.15) is 0 Å². The molecular weight excluding hydrogens is 316 g/mol. The summed E-state index contributed by atoms with van der Waals surface area (Å²) in [5.74, 6) is 0.136. The SMILES string of the molecule is COc1ccc(O)c(C(=O)NCc2ccccc2CN(C)C(C)C)c1. The highest BCUT2D eigenvalue weighted by atomic mass is 16.5. The lowest BCUT2D eigenvalue weighted by atomic mass is 10.1. The number of phenolic OH excluding ortho intramolecular Hbond substituents is 1. The summed E-state index contributed by atoms with van der Waals surface area (Å²) in [7, 11) is 3.60. The summed E-state index contributed by atoms with van der Waals surface area (Å²) < 4.78 is 5.11. The van der Waals surface area contributed by atoms with Crippen LogP contribution in [0.2, 0.25) is 0 Å². The second kappa shape index (κ2) is 8.53. The number of amides is 1. The normalized spacial score (nSPS) is 11.0. The Balaban J connectivity index is 2.10. The molecule has 5 heteroatoms. The second-order valence-corrected chi connectivity index (χ2v) is 6.34. The molecule has 0 spiro atoms. The van der Waals surface area contributed by atoms with Gasteiger partial charge in [0.25, 0.3) is 5.91 Å². The molecule has 1 amide bonds. The smallest absolute Gasteiger partial charge is 0.255 e. The maximum Gasteiger partial charge on any atom is 0.255 e. The number of nitrogens with zero attached hydrogens (tertiary/aromatic N) is 1.